The minimum atomic E-state index is -0.0347. The molecule has 164 valence electrons. The Bertz CT molecular complexity index is 1160. The lowest BCUT2D eigenvalue weighted by Crippen LogP contribution is -2.37. The van der Waals surface area contributed by atoms with Crippen LogP contribution in [0.3, 0.4) is 0 Å². The lowest BCUT2D eigenvalue weighted by atomic mass is 10.2. The van der Waals surface area contributed by atoms with Crippen LogP contribution in [0.15, 0.2) is 85.1 Å². The van der Waals surface area contributed by atoms with Gasteiger partial charge >= 0.3 is 0 Å². The fraction of sp³-hybridized carbons (Fsp3) is 0.231. The number of hydrogen-bond acceptors (Lipinski definition) is 3. The van der Waals surface area contributed by atoms with Crippen molar-refractivity contribution in [3.63, 3.8) is 0 Å². The van der Waals surface area contributed by atoms with Gasteiger partial charge in [0, 0.05) is 32.9 Å². The van der Waals surface area contributed by atoms with Gasteiger partial charge in [-0.3, -0.25) is 4.79 Å². The second-order valence-electron chi connectivity index (χ2n) is 8.18. The molecule has 0 saturated carbocycles. The Morgan fingerprint density at radius 2 is 1.59 bits per heavy atom. The van der Waals surface area contributed by atoms with E-state index in [1.807, 2.05) is 104 Å². The molecule has 0 aliphatic carbocycles. The van der Waals surface area contributed by atoms with Crippen molar-refractivity contribution in [1.29, 1.82) is 0 Å². The highest BCUT2D eigenvalue weighted by Crippen LogP contribution is 2.23. The lowest BCUT2D eigenvalue weighted by molar-refractivity contribution is 0.0722. The van der Waals surface area contributed by atoms with E-state index in [4.69, 9.17) is 5.10 Å². The van der Waals surface area contributed by atoms with E-state index in [1.165, 1.54) is 0 Å². The maximum Gasteiger partial charge on any atom is 0.272 e. The van der Waals surface area contributed by atoms with Crippen molar-refractivity contribution in [1.82, 2.24) is 24.1 Å². The molecule has 0 bridgehead atoms. The fourth-order valence-corrected chi connectivity index (χ4v) is 3.69. The first-order chi connectivity index (χ1) is 15.5. The van der Waals surface area contributed by atoms with Crippen LogP contribution in [0, 0.1) is 0 Å². The molecule has 0 fully saturated rings. The van der Waals surface area contributed by atoms with Crippen molar-refractivity contribution in [3.05, 3.63) is 96.3 Å². The van der Waals surface area contributed by atoms with Gasteiger partial charge < -0.3 is 14.4 Å². The number of carbonyl (C=O) groups is 1. The molecular formula is C26H29N5O. The minimum absolute atomic E-state index is 0.0347. The van der Waals surface area contributed by atoms with E-state index in [-0.39, 0.29) is 5.91 Å². The first kappa shape index (κ1) is 21.6. The smallest absolute Gasteiger partial charge is 0.272 e. The number of carbonyl (C=O) groups excluding carboxylic acids is 1. The summed E-state index contributed by atoms with van der Waals surface area (Å²) in [7, 11) is 6.02. The molecular weight excluding hydrogens is 398 g/mol. The molecule has 0 spiro atoms. The summed E-state index contributed by atoms with van der Waals surface area (Å²) < 4.78 is 3.78. The maximum absolute atomic E-state index is 13.9. The number of benzene rings is 2. The molecule has 2 aromatic carbocycles. The number of rotatable bonds is 8. The predicted octanol–water partition coefficient (Wildman–Crippen LogP) is 4.08. The summed E-state index contributed by atoms with van der Waals surface area (Å²) in [4.78, 5) is 17.9. The van der Waals surface area contributed by atoms with Crippen LogP contribution in [0.1, 0.15) is 16.1 Å². The Labute approximate surface area is 189 Å². The fourth-order valence-electron chi connectivity index (χ4n) is 3.69. The van der Waals surface area contributed by atoms with Gasteiger partial charge in [0.2, 0.25) is 0 Å². The molecule has 0 N–H and O–H groups in total. The highest BCUT2D eigenvalue weighted by Gasteiger charge is 2.24. The van der Waals surface area contributed by atoms with Crippen LogP contribution in [-0.2, 0) is 13.6 Å². The van der Waals surface area contributed by atoms with E-state index in [1.54, 1.807) is 4.68 Å². The van der Waals surface area contributed by atoms with E-state index in [0.29, 0.717) is 18.8 Å². The summed E-state index contributed by atoms with van der Waals surface area (Å²) in [6.07, 6.45) is 1.98. The summed E-state index contributed by atoms with van der Waals surface area (Å²) in [6, 6.07) is 25.8. The lowest BCUT2D eigenvalue weighted by Gasteiger charge is -2.25. The van der Waals surface area contributed by atoms with Crippen molar-refractivity contribution < 1.29 is 4.79 Å². The van der Waals surface area contributed by atoms with Crippen LogP contribution in [0.25, 0.3) is 17.1 Å². The van der Waals surface area contributed by atoms with Crippen molar-refractivity contribution in [2.45, 2.75) is 6.54 Å². The molecule has 2 heterocycles. The molecule has 0 atom stereocenters. The van der Waals surface area contributed by atoms with Crippen molar-refractivity contribution in [2.24, 2.45) is 7.05 Å². The number of amides is 1. The zero-order chi connectivity index (χ0) is 22.5. The van der Waals surface area contributed by atoms with Gasteiger partial charge in [0.25, 0.3) is 5.91 Å². The van der Waals surface area contributed by atoms with Gasteiger partial charge in [0.1, 0.15) is 11.4 Å². The molecule has 32 heavy (non-hydrogen) atoms. The zero-order valence-electron chi connectivity index (χ0n) is 18.8. The van der Waals surface area contributed by atoms with Gasteiger partial charge in [-0.2, -0.15) is 5.10 Å². The van der Waals surface area contributed by atoms with Crippen LogP contribution < -0.4 is 0 Å². The van der Waals surface area contributed by atoms with E-state index >= 15 is 0 Å². The van der Waals surface area contributed by atoms with E-state index in [0.717, 1.165) is 29.2 Å². The maximum atomic E-state index is 13.9. The van der Waals surface area contributed by atoms with Crippen molar-refractivity contribution >= 4 is 5.91 Å². The molecule has 1 amide bonds. The van der Waals surface area contributed by atoms with Crippen LogP contribution in [0.2, 0.25) is 0 Å². The van der Waals surface area contributed by atoms with Gasteiger partial charge in [-0.05, 0) is 50.0 Å². The largest absolute Gasteiger partial charge is 0.349 e. The zero-order valence-corrected chi connectivity index (χ0v) is 18.8. The average molecular weight is 428 g/mol. The number of nitrogens with zero attached hydrogens (tertiary/aromatic N) is 5. The molecule has 2 aromatic heterocycles. The average Bonchev–Trinajstić information content (AvgIpc) is 3.43. The van der Waals surface area contributed by atoms with Gasteiger partial charge in [-0.15, -0.1) is 0 Å². The van der Waals surface area contributed by atoms with E-state index in [9.17, 15) is 4.79 Å². The summed E-state index contributed by atoms with van der Waals surface area (Å²) in [6.45, 7) is 1.95. The third-order valence-corrected chi connectivity index (χ3v) is 5.46. The molecule has 0 unspecified atom stereocenters. The van der Waals surface area contributed by atoms with Crippen molar-refractivity contribution in [2.75, 3.05) is 27.2 Å². The number of para-hydroxylation sites is 1. The van der Waals surface area contributed by atoms with Crippen LogP contribution in [-0.4, -0.2) is 57.2 Å². The summed E-state index contributed by atoms with van der Waals surface area (Å²) >= 11 is 0. The SMILES string of the molecule is CN(C)CCN(Cc1ccccc1)C(=O)c1cc(-c2cccn2C)nn1-c1ccccc1. The molecule has 0 aliphatic heterocycles. The van der Waals surface area contributed by atoms with Gasteiger partial charge in [0.05, 0.1) is 11.4 Å². The number of aromatic nitrogens is 3. The molecule has 6 heteroatoms. The second kappa shape index (κ2) is 9.66. The highest BCUT2D eigenvalue weighted by molar-refractivity contribution is 5.94. The quantitative estimate of drug-likeness (QED) is 0.426. The van der Waals surface area contributed by atoms with Gasteiger partial charge in [-0.25, -0.2) is 4.68 Å². The van der Waals surface area contributed by atoms with Crippen LogP contribution in [0.5, 0.6) is 0 Å². The van der Waals surface area contributed by atoms with Crippen LogP contribution in [0.4, 0.5) is 0 Å². The Balaban J connectivity index is 1.75. The summed E-state index contributed by atoms with van der Waals surface area (Å²) in [5, 5.41) is 4.83. The Hall–Kier alpha value is -3.64. The van der Waals surface area contributed by atoms with Gasteiger partial charge in [-0.1, -0.05) is 48.5 Å². The topological polar surface area (TPSA) is 46.3 Å². The molecule has 0 radical (unpaired) electrons. The molecule has 4 rings (SSSR count). The number of likely N-dealkylation sites (N-methyl/N-ethyl adjacent to an activating group) is 1. The number of hydrogen-bond donors (Lipinski definition) is 0. The number of aryl methyl sites for hydroxylation is 1. The standard InChI is InChI=1S/C26H29N5O/c1-28(2)17-18-30(20-21-11-6-4-7-12-21)26(32)25-19-23(24-15-10-16-29(24)3)27-31(25)22-13-8-5-9-14-22/h4-16,19H,17-18,20H2,1-3H3. The van der Waals surface area contributed by atoms with Crippen molar-refractivity contribution in [3.8, 4) is 17.1 Å². The van der Waals surface area contributed by atoms with Crippen LogP contribution >= 0.6 is 0 Å². The molecule has 0 aliphatic rings. The Kier molecular flexibility index (Phi) is 6.52. The third kappa shape index (κ3) is 4.81. The van der Waals surface area contributed by atoms with E-state index in [2.05, 4.69) is 17.0 Å². The van der Waals surface area contributed by atoms with E-state index < -0.39 is 0 Å². The van der Waals surface area contributed by atoms with Gasteiger partial charge in [0.15, 0.2) is 0 Å². The molecule has 6 nitrogen and oxygen atoms in total. The summed E-state index contributed by atoms with van der Waals surface area (Å²) in [5.74, 6) is -0.0347. The first-order valence-corrected chi connectivity index (χ1v) is 10.8. The Morgan fingerprint density at radius 3 is 2.22 bits per heavy atom. The normalized spacial score (nSPS) is 11.1. The monoisotopic (exact) mass is 427 g/mol. The molecule has 0 saturated heterocycles. The second-order valence-corrected chi connectivity index (χ2v) is 8.18. The predicted molar refractivity (Wildman–Crippen MR) is 128 cm³/mol. The molecule has 4 aromatic rings. The minimum Gasteiger partial charge on any atom is -0.349 e. The Morgan fingerprint density at radius 1 is 0.906 bits per heavy atom. The first-order valence-electron chi connectivity index (χ1n) is 10.8. The third-order valence-electron chi connectivity index (χ3n) is 5.46. The summed E-state index contributed by atoms with van der Waals surface area (Å²) in [5.41, 5.74) is 4.27. The highest BCUT2D eigenvalue weighted by atomic mass is 16.2.